The molecule has 0 atom stereocenters. The minimum absolute atomic E-state index is 0.112. The number of nitrogens with zero attached hydrogens (tertiary/aromatic N) is 2. The average Bonchev–Trinajstić information content (AvgIpc) is 2.52. The van der Waals surface area contributed by atoms with Crippen LogP contribution in [0.3, 0.4) is 0 Å². The van der Waals surface area contributed by atoms with E-state index in [1.54, 1.807) is 47.0 Å². The predicted octanol–water partition coefficient (Wildman–Crippen LogP) is 3.17. The monoisotopic (exact) mass is 443 g/mol. The quantitative estimate of drug-likeness (QED) is 0.516. The number of carbonyl (C=O) groups is 2. The zero-order valence-corrected chi connectivity index (χ0v) is 18.0. The van der Waals surface area contributed by atoms with Crippen molar-refractivity contribution in [1.82, 2.24) is 10.3 Å². The molecule has 0 spiro atoms. The number of carbonyl (C=O) groups excluding carboxylic acids is 2. The summed E-state index contributed by atoms with van der Waals surface area (Å²) in [5, 5.41) is 3.87. The van der Waals surface area contributed by atoms with Crippen molar-refractivity contribution in [3.05, 3.63) is 22.2 Å². The van der Waals surface area contributed by atoms with Crippen molar-refractivity contribution in [1.29, 1.82) is 0 Å². The summed E-state index contributed by atoms with van der Waals surface area (Å²) in [5.41, 5.74) is 2.35. The molecule has 27 heavy (non-hydrogen) atoms. The van der Waals surface area contributed by atoms with Crippen molar-refractivity contribution in [3.63, 3.8) is 0 Å². The summed E-state index contributed by atoms with van der Waals surface area (Å²) in [7, 11) is 3.31. The molecule has 2 amide bonds. The van der Waals surface area contributed by atoms with Gasteiger partial charge in [-0.1, -0.05) is 0 Å². The lowest BCUT2D eigenvalue weighted by molar-refractivity contribution is -0.130. The standard InChI is InChI=1S/C18H26BrN3O5/c1-7-25-14-9-12(10-20-21-17(24)27-18(2,3)4)8-13(19)16(14)26-11-15(23)22(5)6/h8-10H,7,11H2,1-6H3,(H,21,24)/b20-10+. The van der Waals surface area contributed by atoms with E-state index in [4.69, 9.17) is 14.2 Å². The van der Waals surface area contributed by atoms with Gasteiger partial charge in [-0.2, -0.15) is 5.10 Å². The van der Waals surface area contributed by atoms with Crippen LogP contribution in [0.25, 0.3) is 0 Å². The Hall–Kier alpha value is -2.29. The first-order valence-electron chi connectivity index (χ1n) is 8.34. The Bertz CT molecular complexity index is 699. The molecule has 1 rings (SSSR count). The van der Waals surface area contributed by atoms with Gasteiger partial charge in [0.05, 0.1) is 17.3 Å². The van der Waals surface area contributed by atoms with Gasteiger partial charge in [-0.05, 0) is 61.3 Å². The average molecular weight is 444 g/mol. The second-order valence-corrected chi connectivity index (χ2v) is 7.57. The second kappa shape index (κ2) is 10.1. The number of halogens is 1. The van der Waals surface area contributed by atoms with E-state index in [1.807, 2.05) is 6.92 Å². The van der Waals surface area contributed by atoms with Gasteiger partial charge in [-0.15, -0.1) is 0 Å². The van der Waals surface area contributed by atoms with Crippen LogP contribution in [0, 0.1) is 0 Å². The van der Waals surface area contributed by atoms with Crippen LogP contribution < -0.4 is 14.9 Å². The van der Waals surface area contributed by atoms with E-state index in [2.05, 4.69) is 26.5 Å². The molecule has 0 fully saturated rings. The van der Waals surface area contributed by atoms with E-state index in [0.717, 1.165) is 0 Å². The maximum absolute atomic E-state index is 11.7. The van der Waals surface area contributed by atoms with Crippen molar-refractivity contribution in [3.8, 4) is 11.5 Å². The number of benzene rings is 1. The molecule has 0 aliphatic heterocycles. The van der Waals surface area contributed by atoms with Gasteiger partial charge in [0.2, 0.25) is 0 Å². The van der Waals surface area contributed by atoms with E-state index < -0.39 is 11.7 Å². The highest BCUT2D eigenvalue weighted by Crippen LogP contribution is 2.36. The number of hydrogen-bond acceptors (Lipinski definition) is 6. The molecule has 0 aromatic heterocycles. The third kappa shape index (κ3) is 8.29. The smallest absolute Gasteiger partial charge is 0.428 e. The van der Waals surface area contributed by atoms with Crippen molar-refractivity contribution >= 4 is 34.1 Å². The van der Waals surface area contributed by atoms with Gasteiger partial charge in [0.1, 0.15) is 5.60 Å². The summed E-state index contributed by atoms with van der Waals surface area (Å²) < 4.78 is 16.9. The lowest BCUT2D eigenvalue weighted by Gasteiger charge is -2.18. The van der Waals surface area contributed by atoms with E-state index in [1.165, 1.54) is 11.1 Å². The number of amides is 2. The largest absolute Gasteiger partial charge is 0.490 e. The summed E-state index contributed by atoms with van der Waals surface area (Å²) >= 11 is 3.41. The number of nitrogens with one attached hydrogen (secondary N) is 1. The molecule has 9 heteroatoms. The molecule has 0 radical (unpaired) electrons. The Labute approximate surface area is 168 Å². The molecule has 0 bridgehead atoms. The van der Waals surface area contributed by atoms with Gasteiger partial charge >= 0.3 is 6.09 Å². The van der Waals surface area contributed by atoms with Gasteiger partial charge in [-0.3, -0.25) is 4.79 Å². The summed E-state index contributed by atoms with van der Waals surface area (Å²) in [6, 6.07) is 3.43. The maximum atomic E-state index is 11.7. The predicted molar refractivity (Wildman–Crippen MR) is 106 cm³/mol. The molecule has 1 N–H and O–H groups in total. The lowest BCUT2D eigenvalue weighted by atomic mass is 10.2. The minimum Gasteiger partial charge on any atom is -0.490 e. The van der Waals surface area contributed by atoms with Gasteiger partial charge in [0.15, 0.2) is 18.1 Å². The molecule has 0 aliphatic rings. The molecular weight excluding hydrogens is 418 g/mol. The first-order chi connectivity index (χ1) is 12.5. The van der Waals surface area contributed by atoms with Crippen molar-refractivity contribution < 1.29 is 23.8 Å². The molecule has 150 valence electrons. The maximum Gasteiger partial charge on any atom is 0.428 e. The molecule has 0 unspecified atom stereocenters. The van der Waals surface area contributed by atoms with Crippen molar-refractivity contribution in [2.45, 2.75) is 33.3 Å². The zero-order chi connectivity index (χ0) is 20.6. The Morgan fingerprint density at radius 2 is 1.93 bits per heavy atom. The van der Waals surface area contributed by atoms with E-state index >= 15 is 0 Å². The summed E-state index contributed by atoms with van der Waals surface area (Å²) in [4.78, 5) is 24.8. The normalized spacial score (nSPS) is 11.2. The lowest BCUT2D eigenvalue weighted by Crippen LogP contribution is -2.29. The van der Waals surface area contributed by atoms with Crippen LogP contribution >= 0.6 is 15.9 Å². The SMILES string of the molecule is CCOc1cc(/C=N/NC(=O)OC(C)(C)C)cc(Br)c1OCC(=O)N(C)C. The third-order valence-electron chi connectivity index (χ3n) is 2.94. The first-order valence-corrected chi connectivity index (χ1v) is 9.14. The number of hydrogen-bond donors (Lipinski definition) is 1. The van der Waals surface area contributed by atoms with E-state index in [-0.39, 0.29) is 12.5 Å². The Kier molecular flexibility index (Phi) is 8.55. The van der Waals surface area contributed by atoms with Gasteiger partial charge in [0.25, 0.3) is 5.91 Å². The fourth-order valence-electron chi connectivity index (χ4n) is 1.79. The molecule has 0 saturated heterocycles. The summed E-state index contributed by atoms with van der Waals surface area (Å²) in [6.07, 6.45) is 0.802. The Balaban J connectivity index is 2.90. The molecule has 1 aromatic rings. The number of rotatable bonds is 7. The van der Waals surface area contributed by atoms with E-state index in [0.29, 0.717) is 28.1 Å². The second-order valence-electron chi connectivity index (χ2n) is 6.71. The molecular formula is C18H26BrN3O5. The molecule has 1 aromatic carbocycles. The van der Waals surface area contributed by atoms with Crippen LogP contribution in [0.2, 0.25) is 0 Å². The van der Waals surface area contributed by atoms with Gasteiger partial charge < -0.3 is 19.1 Å². The third-order valence-corrected chi connectivity index (χ3v) is 3.53. The molecule has 0 heterocycles. The molecule has 0 saturated carbocycles. The topological polar surface area (TPSA) is 89.5 Å². The number of hydrazone groups is 1. The summed E-state index contributed by atoms with van der Waals surface area (Å²) in [6.45, 7) is 7.44. The van der Waals surface area contributed by atoms with Crippen molar-refractivity contribution in [2.24, 2.45) is 5.10 Å². The van der Waals surface area contributed by atoms with Gasteiger partial charge in [0, 0.05) is 14.1 Å². The molecule has 0 aliphatic carbocycles. The minimum atomic E-state index is -0.648. The van der Waals surface area contributed by atoms with Crippen LogP contribution in [0.5, 0.6) is 11.5 Å². The summed E-state index contributed by atoms with van der Waals surface area (Å²) in [5.74, 6) is 0.706. The fourth-order valence-corrected chi connectivity index (χ4v) is 2.36. The van der Waals surface area contributed by atoms with Crippen LogP contribution in [0.15, 0.2) is 21.7 Å². The highest BCUT2D eigenvalue weighted by atomic mass is 79.9. The Morgan fingerprint density at radius 3 is 2.48 bits per heavy atom. The Morgan fingerprint density at radius 1 is 1.26 bits per heavy atom. The van der Waals surface area contributed by atoms with Gasteiger partial charge in [-0.25, -0.2) is 10.2 Å². The van der Waals surface area contributed by atoms with E-state index in [9.17, 15) is 9.59 Å². The zero-order valence-electron chi connectivity index (χ0n) is 16.5. The van der Waals surface area contributed by atoms with Crippen LogP contribution in [0.4, 0.5) is 4.79 Å². The number of likely N-dealkylation sites (N-methyl/N-ethyl adjacent to an activating group) is 1. The van der Waals surface area contributed by atoms with Crippen LogP contribution in [-0.2, 0) is 9.53 Å². The molecule has 8 nitrogen and oxygen atoms in total. The van der Waals surface area contributed by atoms with Crippen molar-refractivity contribution in [2.75, 3.05) is 27.3 Å². The highest BCUT2D eigenvalue weighted by molar-refractivity contribution is 9.10. The first kappa shape index (κ1) is 22.8. The highest BCUT2D eigenvalue weighted by Gasteiger charge is 2.16. The van der Waals surface area contributed by atoms with Crippen LogP contribution in [0.1, 0.15) is 33.3 Å². The van der Waals surface area contributed by atoms with Crippen LogP contribution in [-0.4, -0.2) is 56.0 Å². The fraction of sp³-hybridized carbons (Fsp3) is 0.500. The number of ether oxygens (including phenoxy) is 3.